The van der Waals surface area contributed by atoms with E-state index in [-0.39, 0.29) is 11.4 Å². The van der Waals surface area contributed by atoms with E-state index >= 15 is 0 Å². The maximum absolute atomic E-state index is 12.2. The molecular formula is C16H23ClN2O3. The van der Waals surface area contributed by atoms with E-state index in [2.05, 4.69) is 12.2 Å². The van der Waals surface area contributed by atoms with E-state index < -0.39 is 0 Å². The summed E-state index contributed by atoms with van der Waals surface area (Å²) in [6.07, 6.45) is 0. The van der Waals surface area contributed by atoms with Crippen LogP contribution >= 0.6 is 11.6 Å². The third kappa shape index (κ3) is 4.78. The highest BCUT2D eigenvalue weighted by Gasteiger charge is 2.33. The SMILES string of the molecule is CCN(CCOc1cccc(Cl)c1)C(=O)NCC1(C)COC1. The Morgan fingerprint density at radius 2 is 2.27 bits per heavy atom. The maximum Gasteiger partial charge on any atom is 0.317 e. The van der Waals surface area contributed by atoms with Gasteiger partial charge in [-0.1, -0.05) is 24.6 Å². The van der Waals surface area contributed by atoms with E-state index in [9.17, 15) is 4.79 Å². The lowest BCUT2D eigenvalue weighted by atomic mass is 9.89. The first-order valence-electron chi connectivity index (χ1n) is 7.51. The number of amides is 2. The molecule has 2 amide bonds. The van der Waals surface area contributed by atoms with Crippen LogP contribution in [0.1, 0.15) is 13.8 Å². The number of ether oxygens (including phenoxy) is 2. The Morgan fingerprint density at radius 3 is 2.86 bits per heavy atom. The molecule has 122 valence electrons. The lowest BCUT2D eigenvalue weighted by Crippen LogP contribution is -2.51. The molecule has 1 aromatic carbocycles. The molecular weight excluding hydrogens is 304 g/mol. The number of carbonyl (C=O) groups is 1. The molecule has 1 N–H and O–H groups in total. The number of halogens is 1. The first kappa shape index (κ1) is 16.9. The van der Waals surface area contributed by atoms with Crippen molar-refractivity contribution in [1.29, 1.82) is 0 Å². The zero-order chi connectivity index (χ0) is 16.0. The number of urea groups is 1. The molecule has 1 aliphatic rings. The summed E-state index contributed by atoms with van der Waals surface area (Å²) < 4.78 is 10.8. The van der Waals surface area contributed by atoms with Crippen molar-refractivity contribution in [3.8, 4) is 5.75 Å². The first-order chi connectivity index (χ1) is 10.5. The van der Waals surface area contributed by atoms with Crippen molar-refractivity contribution >= 4 is 17.6 Å². The minimum atomic E-state index is -0.0645. The van der Waals surface area contributed by atoms with Crippen LogP contribution in [0.25, 0.3) is 0 Å². The fourth-order valence-electron chi connectivity index (χ4n) is 2.19. The Morgan fingerprint density at radius 1 is 1.50 bits per heavy atom. The van der Waals surface area contributed by atoms with Gasteiger partial charge in [0, 0.05) is 23.5 Å². The highest BCUT2D eigenvalue weighted by Crippen LogP contribution is 2.25. The van der Waals surface area contributed by atoms with Crippen LogP contribution in [0.2, 0.25) is 5.02 Å². The molecule has 0 aromatic heterocycles. The molecule has 1 heterocycles. The van der Waals surface area contributed by atoms with Gasteiger partial charge in [-0.15, -0.1) is 0 Å². The smallest absolute Gasteiger partial charge is 0.317 e. The summed E-state index contributed by atoms with van der Waals surface area (Å²) >= 11 is 5.90. The molecule has 0 atom stereocenters. The number of hydrogen-bond acceptors (Lipinski definition) is 3. The molecule has 0 bridgehead atoms. The predicted molar refractivity (Wildman–Crippen MR) is 86.5 cm³/mol. The van der Waals surface area contributed by atoms with Crippen LogP contribution in [-0.2, 0) is 4.74 Å². The number of carbonyl (C=O) groups excluding carboxylic acids is 1. The number of hydrogen-bond donors (Lipinski definition) is 1. The van der Waals surface area contributed by atoms with E-state index in [1.807, 2.05) is 19.1 Å². The Kier molecular flexibility index (Phi) is 5.91. The number of likely N-dealkylation sites (N-methyl/N-ethyl adjacent to an activating group) is 1. The van der Waals surface area contributed by atoms with Gasteiger partial charge in [0.2, 0.25) is 0 Å². The summed E-state index contributed by atoms with van der Waals surface area (Å²) in [5.74, 6) is 0.711. The van der Waals surface area contributed by atoms with Gasteiger partial charge in [-0.2, -0.15) is 0 Å². The summed E-state index contributed by atoms with van der Waals surface area (Å²) in [5.41, 5.74) is 0.0758. The topological polar surface area (TPSA) is 50.8 Å². The van der Waals surface area contributed by atoms with Crippen molar-refractivity contribution in [3.05, 3.63) is 29.3 Å². The zero-order valence-electron chi connectivity index (χ0n) is 13.1. The lowest BCUT2D eigenvalue weighted by Gasteiger charge is -2.38. The molecule has 0 aliphatic carbocycles. The van der Waals surface area contributed by atoms with Crippen molar-refractivity contribution in [2.45, 2.75) is 13.8 Å². The van der Waals surface area contributed by atoms with Gasteiger partial charge in [0.25, 0.3) is 0 Å². The minimum Gasteiger partial charge on any atom is -0.492 e. The molecule has 0 saturated carbocycles. The largest absolute Gasteiger partial charge is 0.492 e. The van der Waals surface area contributed by atoms with Crippen LogP contribution in [-0.4, -0.2) is 50.4 Å². The molecule has 22 heavy (non-hydrogen) atoms. The Bertz CT molecular complexity index is 506. The van der Waals surface area contributed by atoms with E-state index in [1.54, 1.807) is 17.0 Å². The molecule has 0 spiro atoms. The Hall–Kier alpha value is -1.46. The number of benzene rings is 1. The van der Waals surface area contributed by atoms with Crippen LogP contribution in [0.3, 0.4) is 0 Å². The van der Waals surface area contributed by atoms with Crippen molar-refractivity contribution in [1.82, 2.24) is 10.2 Å². The quantitative estimate of drug-likeness (QED) is 0.838. The normalized spacial score (nSPS) is 15.8. The summed E-state index contributed by atoms with van der Waals surface area (Å²) in [7, 11) is 0. The number of nitrogens with one attached hydrogen (secondary N) is 1. The Labute approximate surface area is 136 Å². The molecule has 6 heteroatoms. The fourth-order valence-corrected chi connectivity index (χ4v) is 2.37. The van der Waals surface area contributed by atoms with Crippen LogP contribution in [0.5, 0.6) is 5.75 Å². The molecule has 1 aromatic rings. The number of rotatable bonds is 7. The van der Waals surface area contributed by atoms with Crippen LogP contribution < -0.4 is 10.1 Å². The summed E-state index contributed by atoms with van der Waals surface area (Å²) in [6, 6.07) is 7.17. The molecule has 5 nitrogen and oxygen atoms in total. The van der Waals surface area contributed by atoms with E-state index in [4.69, 9.17) is 21.1 Å². The van der Waals surface area contributed by atoms with Gasteiger partial charge in [0.05, 0.1) is 19.8 Å². The summed E-state index contributed by atoms with van der Waals surface area (Å²) in [4.78, 5) is 13.9. The lowest BCUT2D eigenvalue weighted by molar-refractivity contribution is -0.0978. The zero-order valence-corrected chi connectivity index (χ0v) is 13.9. The molecule has 0 unspecified atom stereocenters. The van der Waals surface area contributed by atoms with Gasteiger partial charge >= 0.3 is 6.03 Å². The second-order valence-electron chi connectivity index (χ2n) is 5.85. The number of nitrogens with zero attached hydrogens (tertiary/aromatic N) is 1. The van der Waals surface area contributed by atoms with E-state index in [0.717, 1.165) is 0 Å². The molecule has 1 aliphatic heterocycles. The summed E-state index contributed by atoms with van der Waals surface area (Å²) in [5, 5.41) is 3.60. The van der Waals surface area contributed by atoms with Gasteiger partial charge < -0.3 is 19.7 Å². The highest BCUT2D eigenvalue weighted by atomic mass is 35.5. The van der Waals surface area contributed by atoms with Crippen molar-refractivity contribution < 1.29 is 14.3 Å². The average molecular weight is 327 g/mol. The third-order valence-electron chi connectivity index (χ3n) is 3.66. The van der Waals surface area contributed by atoms with Crippen molar-refractivity contribution in [2.75, 3.05) is 39.5 Å². The highest BCUT2D eigenvalue weighted by molar-refractivity contribution is 6.30. The van der Waals surface area contributed by atoms with E-state index in [1.165, 1.54) is 0 Å². The molecule has 1 fully saturated rings. The third-order valence-corrected chi connectivity index (χ3v) is 3.90. The minimum absolute atomic E-state index is 0.0645. The van der Waals surface area contributed by atoms with Crippen LogP contribution in [0.15, 0.2) is 24.3 Å². The second kappa shape index (κ2) is 7.70. The predicted octanol–water partition coefficient (Wildman–Crippen LogP) is 2.79. The van der Waals surface area contributed by atoms with Gasteiger partial charge in [-0.3, -0.25) is 0 Å². The van der Waals surface area contributed by atoms with Gasteiger partial charge in [0.15, 0.2) is 0 Å². The second-order valence-corrected chi connectivity index (χ2v) is 6.28. The maximum atomic E-state index is 12.2. The molecule has 0 radical (unpaired) electrons. The molecule has 2 rings (SSSR count). The van der Waals surface area contributed by atoms with Gasteiger partial charge in [-0.05, 0) is 25.1 Å². The van der Waals surface area contributed by atoms with Crippen molar-refractivity contribution in [3.63, 3.8) is 0 Å². The Balaban J connectivity index is 1.72. The van der Waals surface area contributed by atoms with Crippen LogP contribution in [0.4, 0.5) is 4.79 Å². The fraction of sp³-hybridized carbons (Fsp3) is 0.562. The monoisotopic (exact) mass is 326 g/mol. The standard InChI is InChI=1S/C16H23ClN2O3/c1-3-19(15(20)18-10-16(2)11-21-12-16)7-8-22-14-6-4-5-13(17)9-14/h4-6,9H,3,7-8,10-12H2,1-2H3,(H,18,20). The average Bonchev–Trinajstić information content (AvgIpc) is 2.47. The van der Waals surface area contributed by atoms with E-state index in [0.29, 0.717) is 50.2 Å². The van der Waals surface area contributed by atoms with Gasteiger partial charge in [0.1, 0.15) is 12.4 Å². The van der Waals surface area contributed by atoms with Gasteiger partial charge in [-0.25, -0.2) is 4.79 Å². The van der Waals surface area contributed by atoms with Crippen molar-refractivity contribution in [2.24, 2.45) is 5.41 Å². The first-order valence-corrected chi connectivity index (χ1v) is 7.89. The summed E-state index contributed by atoms with van der Waals surface area (Å²) in [6.45, 7) is 7.70. The molecule has 1 saturated heterocycles. The van der Waals surface area contributed by atoms with Crippen LogP contribution in [0, 0.1) is 5.41 Å².